The van der Waals surface area contributed by atoms with E-state index in [1.807, 2.05) is 41.5 Å². The summed E-state index contributed by atoms with van der Waals surface area (Å²) in [7, 11) is 0. The highest BCUT2D eigenvalue weighted by atomic mass is 32.1. The van der Waals surface area contributed by atoms with Crippen LogP contribution in [-0.4, -0.2) is 27.4 Å². The van der Waals surface area contributed by atoms with Crippen LogP contribution in [-0.2, 0) is 11.2 Å². The first-order valence-corrected chi connectivity index (χ1v) is 10.8. The normalized spacial score (nSPS) is 15.1. The molecule has 4 rings (SSSR count). The Bertz CT molecular complexity index is 1000. The van der Waals surface area contributed by atoms with Gasteiger partial charge in [0, 0.05) is 35.6 Å². The highest BCUT2D eigenvalue weighted by Crippen LogP contribution is 2.31. The smallest absolute Gasteiger partial charge is 0.233 e. The Morgan fingerprint density at radius 3 is 2.64 bits per heavy atom. The molecule has 0 spiro atoms. The van der Waals surface area contributed by atoms with Crippen LogP contribution in [0.25, 0.3) is 10.9 Å². The van der Waals surface area contributed by atoms with Gasteiger partial charge in [0.15, 0.2) is 5.13 Å². The molecule has 0 unspecified atom stereocenters. The van der Waals surface area contributed by atoms with Crippen LogP contribution in [0.1, 0.15) is 55.1 Å². The lowest BCUT2D eigenvalue weighted by molar-refractivity contribution is -0.118. The molecule has 0 atom stereocenters. The lowest BCUT2D eigenvalue weighted by Gasteiger charge is -2.32. The number of carbonyl (C=O) groups is 2. The summed E-state index contributed by atoms with van der Waals surface area (Å²) in [6, 6.07) is 8.04. The third-order valence-corrected chi connectivity index (χ3v) is 6.49. The molecule has 1 aliphatic carbocycles. The van der Waals surface area contributed by atoms with E-state index >= 15 is 0 Å². The number of amides is 1. The van der Waals surface area contributed by atoms with Crippen molar-refractivity contribution in [2.45, 2.75) is 58.4 Å². The lowest BCUT2D eigenvalue weighted by atomic mass is 9.94. The van der Waals surface area contributed by atoms with Gasteiger partial charge in [-0.15, -0.1) is 11.3 Å². The van der Waals surface area contributed by atoms with Gasteiger partial charge >= 0.3 is 0 Å². The van der Waals surface area contributed by atoms with Gasteiger partial charge < -0.3 is 0 Å². The van der Waals surface area contributed by atoms with Gasteiger partial charge in [-0.05, 0) is 31.4 Å². The third-order valence-electron chi connectivity index (χ3n) is 5.72. The molecule has 6 heteroatoms. The fourth-order valence-corrected chi connectivity index (χ4v) is 5.17. The van der Waals surface area contributed by atoms with E-state index in [0.717, 1.165) is 53.0 Å². The van der Waals surface area contributed by atoms with E-state index in [2.05, 4.69) is 4.98 Å². The second kappa shape index (κ2) is 7.87. The molecule has 1 saturated carbocycles. The van der Waals surface area contributed by atoms with E-state index in [4.69, 9.17) is 0 Å². The molecular weight excluding hydrogens is 370 g/mol. The first-order valence-electron chi connectivity index (χ1n) is 9.89. The highest BCUT2D eigenvalue weighted by molar-refractivity contribution is 7.13. The number of rotatable bonds is 4. The summed E-state index contributed by atoms with van der Waals surface area (Å²) < 4.78 is 1.71. The van der Waals surface area contributed by atoms with E-state index < -0.39 is 0 Å². The maximum atomic E-state index is 13.5. The largest absolute Gasteiger partial charge is 0.285 e. The molecule has 2 aromatic heterocycles. The van der Waals surface area contributed by atoms with Crippen molar-refractivity contribution < 1.29 is 9.59 Å². The molecule has 5 nitrogen and oxygen atoms in total. The number of benzene rings is 1. The number of hydrogen-bond acceptors (Lipinski definition) is 4. The average molecular weight is 396 g/mol. The molecule has 0 saturated heterocycles. The van der Waals surface area contributed by atoms with Gasteiger partial charge in [0.1, 0.15) is 0 Å². The van der Waals surface area contributed by atoms with Crippen LogP contribution in [0.15, 0.2) is 35.8 Å². The second-order valence-electron chi connectivity index (χ2n) is 7.48. The number of anilines is 1. The SMILES string of the molecule is CC(=O)n1c(C)c(CC(=O)N(c2nccs2)C2CCCCC2)c2ccccc21. The standard InChI is InChI=1S/C22H25N3O2S/c1-15-19(18-10-6-7-11-20(18)24(15)16(2)26)14-21(27)25(22-23-12-13-28-22)17-8-4-3-5-9-17/h6-7,10-13,17H,3-5,8-9,14H2,1-2H3. The zero-order valence-corrected chi connectivity index (χ0v) is 17.2. The number of para-hydroxylation sites is 1. The molecule has 2 heterocycles. The van der Waals surface area contributed by atoms with Gasteiger partial charge in [0.25, 0.3) is 0 Å². The maximum absolute atomic E-state index is 13.5. The number of nitrogens with zero attached hydrogens (tertiary/aromatic N) is 3. The Morgan fingerprint density at radius 2 is 1.96 bits per heavy atom. The fourth-order valence-electron chi connectivity index (χ4n) is 4.44. The molecule has 0 aliphatic heterocycles. The molecule has 1 aliphatic rings. The molecule has 0 radical (unpaired) electrons. The molecule has 0 bridgehead atoms. The Balaban J connectivity index is 1.72. The van der Waals surface area contributed by atoms with Gasteiger partial charge in [-0.1, -0.05) is 37.5 Å². The number of carbonyl (C=O) groups excluding carboxylic acids is 2. The van der Waals surface area contributed by atoms with Crippen LogP contribution in [0.5, 0.6) is 0 Å². The summed E-state index contributed by atoms with van der Waals surface area (Å²) >= 11 is 1.52. The minimum Gasteiger partial charge on any atom is -0.285 e. The second-order valence-corrected chi connectivity index (χ2v) is 8.36. The summed E-state index contributed by atoms with van der Waals surface area (Å²) in [5.41, 5.74) is 2.66. The molecule has 1 aromatic carbocycles. The molecule has 3 aromatic rings. The first kappa shape index (κ1) is 18.9. The summed E-state index contributed by atoms with van der Waals surface area (Å²) in [4.78, 5) is 32.0. The number of thiazole rings is 1. The summed E-state index contributed by atoms with van der Waals surface area (Å²) in [5.74, 6) is 0.0351. The summed E-state index contributed by atoms with van der Waals surface area (Å²) in [5, 5.41) is 3.68. The lowest BCUT2D eigenvalue weighted by Crippen LogP contribution is -2.42. The van der Waals surface area contributed by atoms with Gasteiger partial charge in [-0.3, -0.25) is 19.1 Å². The topological polar surface area (TPSA) is 55.2 Å². The Morgan fingerprint density at radius 1 is 1.21 bits per heavy atom. The Hall–Kier alpha value is -2.47. The van der Waals surface area contributed by atoms with Gasteiger partial charge in [-0.25, -0.2) is 4.98 Å². The zero-order valence-electron chi connectivity index (χ0n) is 16.4. The van der Waals surface area contributed by atoms with Crippen LogP contribution in [0.4, 0.5) is 5.13 Å². The molecule has 28 heavy (non-hydrogen) atoms. The molecule has 146 valence electrons. The zero-order chi connectivity index (χ0) is 19.7. The van der Waals surface area contributed by atoms with E-state index in [1.165, 1.54) is 17.8 Å². The molecular formula is C22H25N3O2S. The Kier molecular flexibility index (Phi) is 5.31. The van der Waals surface area contributed by atoms with Crippen molar-refractivity contribution in [3.63, 3.8) is 0 Å². The van der Waals surface area contributed by atoms with Crippen molar-refractivity contribution in [3.05, 3.63) is 47.1 Å². The summed E-state index contributed by atoms with van der Waals surface area (Å²) in [6.07, 6.45) is 7.64. The van der Waals surface area contributed by atoms with Crippen molar-refractivity contribution in [2.75, 3.05) is 4.90 Å². The predicted octanol–water partition coefficient (Wildman–Crippen LogP) is 4.97. The van der Waals surface area contributed by atoms with Crippen LogP contribution in [0.2, 0.25) is 0 Å². The average Bonchev–Trinajstić information content (AvgIpc) is 3.30. The number of hydrogen-bond donors (Lipinski definition) is 0. The van der Waals surface area contributed by atoms with Crippen LogP contribution < -0.4 is 4.90 Å². The van der Waals surface area contributed by atoms with Crippen molar-refractivity contribution in [3.8, 4) is 0 Å². The van der Waals surface area contributed by atoms with Crippen molar-refractivity contribution in [1.82, 2.24) is 9.55 Å². The molecule has 0 N–H and O–H groups in total. The molecule has 1 fully saturated rings. The van der Waals surface area contributed by atoms with E-state index in [-0.39, 0.29) is 24.3 Å². The summed E-state index contributed by atoms with van der Waals surface area (Å²) in [6.45, 7) is 3.49. The Labute approximate surface area is 169 Å². The first-order chi connectivity index (χ1) is 13.6. The van der Waals surface area contributed by atoms with Crippen LogP contribution in [0.3, 0.4) is 0 Å². The minimum absolute atomic E-state index is 0.0311. The quantitative estimate of drug-likeness (QED) is 0.626. The molecule has 1 amide bonds. The van der Waals surface area contributed by atoms with E-state index in [9.17, 15) is 9.59 Å². The number of fused-ring (bicyclic) bond motifs is 1. The van der Waals surface area contributed by atoms with E-state index in [1.54, 1.807) is 17.7 Å². The van der Waals surface area contributed by atoms with Crippen LogP contribution >= 0.6 is 11.3 Å². The number of aromatic nitrogens is 2. The van der Waals surface area contributed by atoms with E-state index in [0.29, 0.717) is 0 Å². The fraction of sp³-hybridized carbons (Fsp3) is 0.409. The van der Waals surface area contributed by atoms with Gasteiger partial charge in [0.2, 0.25) is 11.8 Å². The third kappa shape index (κ3) is 3.37. The van der Waals surface area contributed by atoms with Crippen molar-refractivity contribution in [2.24, 2.45) is 0 Å². The van der Waals surface area contributed by atoms with Crippen molar-refractivity contribution in [1.29, 1.82) is 0 Å². The van der Waals surface area contributed by atoms with Gasteiger partial charge in [0.05, 0.1) is 11.9 Å². The minimum atomic E-state index is -0.0311. The van der Waals surface area contributed by atoms with Crippen LogP contribution in [0, 0.1) is 6.92 Å². The van der Waals surface area contributed by atoms with Crippen molar-refractivity contribution >= 4 is 39.2 Å². The highest BCUT2D eigenvalue weighted by Gasteiger charge is 2.30. The van der Waals surface area contributed by atoms with Gasteiger partial charge in [-0.2, -0.15) is 0 Å². The maximum Gasteiger partial charge on any atom is 0.233 e. The predicted molar refractivity (Wildman–Crippen MR) is 113 cm³/mol. The monoisotopic (exact) mass is 395 g/mol.